The van der Waals surface area contributed by atoms with Gasteiger partial charge in [0.25, 0.3) is 0 Å². The van der Waals surface area contributed by atoms with Crippen LogP contribution in [0.25, 0.3) is 33.1 Å². The summed E-state index contributed by atoms with van der Waals surface area (Å²) in [4.78, 5) is 8.73. The quantitative estimate of drug-likeness (QED) is 0.459. The molecule has 0 bridgehead atoms. The maximum atomic E-state index is 13.3. The van der Waals surface area contributed by atoms with Crippen LogP contribution in [0.3, 0.4) is 0 Å². The summed E-state index contributed by atoms with van der Waals surface area (Å²) in [5.74, 6) is -0.254. The summed E-state index contributed by atoms with van der Waals surface area (Å²) in [5.41, 5.74) is 5.55. The zero-order valence-electron chi connectivity index (χ0n) is 15.1. The van der Waals surface area contributed by atoms with Crippen LogP contribution in [-0.4, -0.2) is 25.0 Å². The van der Waals surface area contributed by atoms with Crippen LogP contribution < -0.4 is 0 Å². The van der Waals surface area contributed by atoms with Crippen molar-refractivity contribution in [1.29, 1.82) is 0 Å². The lowest BCUT2D eigenvalue weighted by atomic mass is 10.0. The van der Waals surface area contributed by atoms with Gasteiger partial charge in [0.2, 0.25) is 0 Å². The Labute approximate surface area is 160 Å². The van der Waals surface area contributed by atoms with Gasteiger partial charge in [0, 0.05) is 23.3 Å². The molecule has 0 aliphatic carbocycles. The van der Waals surface area contributed by atoms with Gasteiger partial charge in [-0.15, -0.1) is 5.10 Å². The number of pyridine rings is 2. The van der Waals surface area contributed by atoms with E-state index in [2.05, 4.69) is 26.3 Å². The van der Waals surface area contributed by atoms with Gasteiger partial charge in [-0.1, -0.05) is 29.5 Å². The fourth-order valence-corrected chi connectivity index (χ4v) is 3.49. The van der Waals surface area contributed by atoms with E-state index in [9.17, 15) is 4.39 Å². The molecule has 0 aliphatic rings. The fourth-order valence-electron chi connectivity index (χ4n) is 3.49. The number of fused-ring (bicyclic) bond motifs is 3. The lowest BCUT2D eigenvalue weighted by molar-refractivity contribution is 0.558. The Balaban J connectivity index is 1.72. The molecule has 0 unspecified atom stereocenters. The van der Waals surface area contributed by atoms with Crippen molar-refractivity contribution < 1.29 is 4.39 Å². The molecule has 28 heavy (non-hydrogen) atoms. The van der Waals surface area contributed by atoms with Gasteiger partial charge in [-0.05, 0) is 48.4 Å². The molecule has 0 amide bonds. The summed E-state index contributed by atoms with van der Waals surface area (Å²) in [6.07, 6.45) is 5.33. The second-order valence-electron chi connectivity index (χ2n) is 6.73. The van der Waals surface area contributed by atoms with Gasteiger partial charge in [-0.2, -0.15) is 0 Å². The number of nitrogens with zero attached hydrogens (tertiary/aromatic N) is 5. The summed E-state index contributed by atoms with van der Waals surface area (Å²) in [6.45, 7) is 2.03. The van der Waals surface area contributed by atoms with E-state index in [1.165, 1.54) is 12.1 Å². The summed E-state index contributed by atoms with van der Waals surface area (Å²) in [7, 11) is 0. The minimum atomic E-state index is -0.254. The van der Waals surface area contributed by atoms with Crippen LogP contribution in [-0.2, 0) is 0 Å². The molecule has 0 N–H and O–H groups in total. The highest BCUT2D eigenvalue weighted by atomic mass is 19.1. The first-order valence-corrected chi connectivity index (χ1v) is 9.00. The van der Waals surface area contributed by atoms with Crippen molar-refractivity contribution in [3.8, 4) is 11.1 Å². The number of hydrogen-bond acceptors (Lipinski definition) is 4. The first-order chi connectivity index (χ1) is 13.7. The van der Waals surface area contributed by atoms with Crippen LogP contribution in [0.15, 0.2) is 73.2 Å². The monoisotopic (exact) mass is 369 g/mol. The molecule has 0 fully saturated rings. The van der Waals surface area contributed by atoms with Gasteiger partial charge >= 0.3 is 0 Å². The van der Waals surface area contributed by atoms with E-state index < -0.39 is 0 Å². The Morgan fingerprint density at radius 2 is 1.79 bits per heavy atom. The number of aromatic nitrogens is 5. The van der Waals surface area contributed by atoms with Crippen LogP contribution in [0.4, 0.5) is 4.39 Å². The molecule has 5 rings (SSSR count). The molecule has 2 aromatic carbocycles. The standard InChI is InChI=1S/C22H16FN5/c1-14(15-4-7-18(23)8-5-15)28-22-19-11-16(17-3-2-10-24-12-17)6-9-20(19)25-13-21(22)26-27-28/h2-14H,1H3/t14-/m0/s1. The number of hydrogen-bond donors (Lipinski definition) is 0. The lowest BCUT2D eigenvalue weighted by Gasteiger charge is -2.14. The van der Waals surface area contributed by atoms with E-state index in [-0.39, 0.29) is 11.9 Å². The first-order valence-electron chi connectivity index (χ1n) is 9.00. The molecule has 136 valence electrons. The SMILES string of the molecule is C[C@@H](c1ccc(F)cc1)n1nnc2cnc3ccc(-c4cccnc4)cc3c21. The smallest absolute Gasteiger partial charge is 0.132 e. The van der Waals surface area contributed by atoms with Crippen molar-refractivity contribution in [3.05, 3.63) is 84.6 Å². The molecular formula is C22H16FN5. The van der Waals surface area contributed by atoms with Crippen LogP contribution in [0, 0.1) is 5.82 Å². The van der Waals surface area contributed by atoms with Gasteiger partial charge in [-0.3, -0.25) is 9.97 Å². The van der Waals surface area contributed by atoms with Crippen LogP contribution in [0.1, 0.15) is 18.5 Å². The third-order valence-corrected chi connectivity index (χ3v) is 5.01. The van der Waals surface area contributed by atoms with Gasteiger partial charge in [-0.25, -0.2) is 9.07 Å². The van der Waals surface area contributed by atoms with E-state index in [0.717, 1.165) is 38.6 Å². The predicted molar refractivity (Wildman–Crippen MR) is 106 cm³/mol. The second kappa shape index (κ2) is 6.49. The van der Waals surface area contributed by atoms with E-state index in [4.69, 9.17) is 0 Å². The Hall–Kier alpha value is -3.67. The van der Waals surface area contributed by atoms with E-state index in [0.29, 0.717) is 0 Å². The molecule has 3 aromatic heterocycles. The zero-order valence-corrected chi connectivity index (χ0v) is 15.1. The average molecular weight is 369 g/mol. The zero-order chi connectivity index (χ0) is 19.1. The van der Waals surface area contributed by atoms with E-state index in [1.54, 1.807) is 24.5 Å². The number of halogens is 1. The Morgan fingerprint density at radius 1 is 0.929 bits per heavy atom. The molecule has 1 atom stereocenters. The number of benzene rings is 2. The van der Waals surface area contributed by atoms with Crippen LogP contribution in [0.2, 0.25) is 0 Å². The molecule has 0 aliphatic heterocycles. The van der Waals surface area contributed by atoms with E-state index in [1.807, 2.05) is 42.1 Å². The molecule has 0 spiro atoms. The van der Waals surface area contributed by atoms with Crippen LogP contribution in [0.5, 0.6) is 0 Å². The molecule has 0 radical (unpaired) electrons. The van der Waals surface area contributed by atoms with Gasteiger partial charge < -0.3 is 0 Å². The molecule has 5 nitrogen and oxygen atoms in total. The highest BCUT2D eigenvalue weighted by Gasteiger charge is 2.17. The highest BCUT2D eigenvalue weighted by Crippen LogP contribution is 2.30. The average Bonchev–Trinajstić information content (AvgIpc) is 3.19. The number of rotatable bonds is 3. The molecule has 0 saturated heterocycles. The normalized spacial score (nSPS) is 12.5. The third kappa shape index (κ3) is 2.70. The van der Waals surface area contributed by atoms with Gasteiger partial charge in [0.15, 0.2) is 0 Å². The van der Waals surface area contributed by atoms with Crippen molar-refractivity contribution in [1.82, 2.24) is 25.0 Å². The Morgan fingerprint density at radius 3 is 2.57 bits per heavy atom. The van der Waals surface area contributed by atoms with Crippen LogP contribution >= 0.6 is 0 Å². The molecule has 6 heteroatoms. The minimum Gasteiger partial charge on any atom is -0.264 e. The van der Waals surface area contributed by atoms with Gasteiger partial charge in [0.05, 0.1) is 17.8 Å². The van der Waals surface area contributed by atoms with E-state index >= 15 is 0 Å². The van der Waals surface area contributed by atoms with Crippen molar-refractivity contribution >= 4 is 21.9 Å². The largest absolute Gasteiger partial charge is 0.264 e. The van der Waals surface area contributed by atoms with Crippen molar-refractivity contribution in [2.75, 3.05) is 0 Å². The fraction of sp³-hybridized carbons (Fsp3) is 0.0909. The van der Waals surface area contributed by atoms with Crippen molar-refractivity contribution in [3.63, 3.8) is 0 Å². The highest BCUT2D eigenvalue weighted by molar-refractivity contribution is 6.03. The van der Waals surface area contributed by atoms with Crippen molar-refractivity contribution in [2.24, 2.45) is 0 Å². The first kappa shape index (κ1) is 16.5. The Bertz CT molecular complexity index is 1280. The summed E-state index contributed by atoms with van der Waals surface area (Å²) < 4.78 is 15.2. The second-order valence-corrected chi connectivity index (χ2v) is 6.73. The molecule has 5 aromatic rings. The molecular weight excluding hydrogens is 353 g/mol. The molecule has 0 saturated carbocycles. The maximum absolute atomic E-state index is 13.3. The molecule has 3 heterocycles. The maximum Gasteiger partial charge on any atom is 0.132 e. The summed E-state index contributed by atoms with van der Waals surface area (Å²) >= 11 is 0. The Kier molecular flexibility index (Phi) is 3.83. The lowest BCUT2D eigenvalue weighted by Crippen LogP contribution is -2.09. The third-order valence-electron chi connectivity index (χ3n) is 5.01. The predicted octanol–water partition coefficient (Wildman–Crippen LogP) is 4.79. The van der Waals surface area contributed by atoms with Crippen molar-refractivity contribution in [2.45, 2.75) is 13.0 Å². The topological polar surface area (TPSA) is 56.5 Å². The minimum absolute atomic E-state index is 0.0988. The summed E-state index contributed by atoms with van der Waals surface area (Å²) in [6, 6.07) is 16.5. The summed E-state index contributed by atoms with van der Waals surface area (Å²) in [5, 5.41) is 9.64. The van der Waals surface area contributed by atoms with Gasteiger partial charge in [0.1, 0.15) is 16.9 Å².